The summed E-state index contributed by atoms with van der Waals surface area (Å²) in [7, 11) is 1.47. The van der Waals surface area contributed by atoms with E-state index in [1.54, 1.807) is 13.8 Å². The van der Waals surface area contributed by atoms with E-state index in [2.05, 4.69) is 10.4 Å². The standard InChI is InChI=1S/C12H17N3O5/c1-7-8(2)14-15(3)12(19)10(7)11(18)13-4-5-20-6-9(16)17/h4-6H2,1-3H3,(H,13,18)(H,16,17). The molecule has 0 bridgehead atoms. The SMILES string of the molecule is Cc1nn(C)c(=O)c(C(=O)NCCOCC(=O)O)c1C. The zero-order valence-electron chi connectivity index (χ0n) is 11.6. The van der Waals surface area contributed by atoms with Crippen molar-refractivity contribution in [2.45, 2.75) is 13.8 Å². The third-order valence-corrected chi connectivity index (χ3v) is 2.71. The molecular weight excluding hydrogens is 266 g/mol. The van der Waals surface area contributed by atoms with Crippen molar-refractivity contribution in [1.82, 2.24) is 15.1 Å². The van der Waals surface area contributed by atoms with Gasteiger partial charge in [0.05, 0.1) is 12.3 Å². The molecule has 0 saturated carbocycles. The number of hydrogen-bond acceptors (Lipinski definition) is 5. The molecule has 110 valence electrons. The van der Waals surface area contributed by atoms with Gasteiger partial charge in [0, 0.05) is 13.6 Å². The molecular formula is C12H17N3O5. The van der Waals surface area contributed by atoms with E-state index < -0.39 is 24.0 Å². The number of aryl methyl sites for hydroxylation is 2. The van der Waals surface area contributed by atoms with Crippen LogP contribution in [0.15, 0.2) is 4.79 Å². The molecule has 20 heavy (non-hydrogen) atoms. The lowest BCUT2D eigenvalue weighted by atomic mass is 10.1. The van der Waals surface area contributed by atoms with Gasteiger partial charge < -0.3 is 15.2 Å². The van der Waals surface area contributed by atoms with Crippen LogP contribution in [0.3, 0.4) is 0 Å². The molecule has 8 heteroatoms. The molecule has 0 unspecified atom stereocenters. The maximum atomic E-state index is 12.0. The molecule has 8 nitrogen and oxygen atoms in total. The van der Waals surface area contributed by atoms with Crippen LogP contribution in [0.4, 0.5) is 0 Å². The van der Waals surface area contributed by atoms with Crippen molar-refractivity contribution < 1.29 is 19.4 Å². The minimum Gasteiger partial charge on any atom is -0.480 e. The lowest BCUT2D eigenvalue weighted by molar-refractivity contribution is -0.142. The van der Waals surface area contributed by atoms with Crippen LogP contribution >= 0.6 is 0 Å². The van der Waals surface area contributed by atoms with Crippen LogP contribution in [-0.2, 0) is 16.6 Å². The van der Waals surface area contributed by atoms with Crippen molar-refractivity contribution in [3.05, 3.63) is 27.2 Å². The van der Waals surface area contributed by atoms with E-state index in [-0.39, 0.29) is 18.7 Å². The van der Waals surface area contributed by atoms with Crippen molar-refractivity contribution in [2.24, 2.45) is 7.05 Å². The summed E-state index contributed by atoms with van der Waals surface area (Å²) < 4.78 is 5.89. The maximum Gasteiger partial charge on any atom is 0.329 e. The van der Waals surface area contributed by atoms with E-state index in [1.807, 2.05) is 0 Å². The minimum absolute atomic E-state index is 0.0400. The van der Waals surface area contributed by atoms with Gasteiger partial charge in [-0.15, -0.1) is 0 Å². The fourth-order valence-corrected chi connectivity index (χ4v) is 1.60. The van der Waals surface area contributed by atoms with Gasteiger partial charge in [0.25, 0.3) is 11.5 Å². The summed E-state index contributed by atoms with van der Waals surface area (Å²) in [6.07, 6.45) is 0. The summed E-state index contributed by atoms with van der Waals surface area (Å²) in [5.41, 5.74) is 0.687. The number of hydrogen-bond donors (Lipinski definition) is 2. The molecule has 0 radical (unpaired) electrons. The number of carboxylic acid groups (broad SMARTS) is 1. The summed E-state index contributed by atoms with van der Waals surface area (Å²) in [5, 5.41) is 14.9. The third kappa shape index (κ3) is 3.89. The number of nitrogens with one attached hydrogen (secondary N) is 1. The Hall–Kier alpha value is -2.22. The highest BCUT2D eigenvalue weighted by Gasteiger charge is 2.17. The summed E-state index contributed by atoms with van der Waals surface area (Å²) in [6, 6.07) is 0. The van der Waals surface area contributed by atoms with Gasteiger partial charge in [-0.2, -0.15) is 5.10 Å². The molecule has 0 spiro atoms. The molecule has 0 aliphatic carbocycles. The molecule has 1 rings (SSSR count). The first-order valence-corrected chi connectivity index (χ1v) is 5.96. The van der Waals surface area contributed by atoms with Gasteiger partial charge in [0.2, 0.25) is 0 Å². The Balaban J connectivity index is 2.69. The van der Waals surface area contributed by atoms with Crippen LogP contribution in [-0.4, -0.2) is 46.5 Å². The molecule has 1 amide bonds. The zero-order valence-corrected chi connectivity index (χ0v) is 11.6. The quantitative estimate of drug-likeness (QED) is 0.663. The Labute approximate surface area is 115 Å². The molecule has 0 aromatic carbocycles. The third-order valence-electron chi connectivity index (χ3n) is 2.71. The smallest absolute Gasteiger partial charge is 0.329 e. The lowest BCUT2D eigenvalue weighted by Gasteiger charge is -2.10. The summed E-state index contributed by atoms with van der Waals surface area (Å²) in [4.78, 5) is 34.1. The van der Waals surface area contributed by atoms with Crippen molar-refractivity contribution in [3.8, 4) is 0 Å². The Morgan fingerprint density at radius 1 is 1.40 bits per heavy atom. The van der Waals surface area contributed by atoms with Crippen LogP contribution in [0.1, 0.15) is 21.6 Å². The second-order valence-corrected chi connectivity index (χ2v) is 4.22. The number of carbonyl (C=O) groups is 2. The summed E-state index contributed by atoms with van der Waals surface area (Å²) in [6.45, 7) is 3.11. The Morgan fingerprint density at radius 3 is 2.65 bits per heavy atom. The normalized spacial score (nSPS) is 10.3. The number of carbonyl (C=O) groups excluding carboxylic acids is 1. The molecule has 0 saturated heterocycles. The molecule has 0 aliphatic heterocycles. The second kappa shape index (κ2) is 6.80. The molecule has 2 N–H and O–H groups in total. The number of nitrogens with zero attached hydrogens (tertiary/aromatic N) is 2. The van der Waals surface area contributed by atoms with Crippen molar-refractivity contribution >= 4 is 11.9 Å². The average Bonchev–Trinajstić information content (AvgIpc) is 2.36. The number of aromatic nitrogens is 2. The molecule has 0 fully saturated rings. The van der Waals surface area contributed by atoms with Gasteiger partial charge in [0.15, 0.2) is 0 Å². The van der Waals surface area contributed by atoms with E-state index in [0.29, 0.717) is 11.3 Å². The first-order valence-electron chi connectivity index (χ1n) is 5.96. The number of ether oxygens (including phenoxy) is 1. The second-order valence-electron chi connectivity index (χ2n) is 4.22. The molecule has 1 aromatic heterocycles. The van der Waals surface area contributed by atoms with Gasteiger partial charge in [-0.3, -0.25) is 9.59 Å². The molecule has 1 aromatic rings. The van der Waals surface area contributed by atoms with Crippen LogP contribution in [0, 0.1) is 13.8 Å². The fourth-order valence-electron chi connectivity index (χ4n) is 1.60. The highest BCUT2D eigenvalue weighted by molar-refractivity contribution is 5.95. The van der Waals surface area contributed by atoms with E-state index in [4.69, 9.17) is 9.84 Å². The molecule has 0 atom stereocenters. The van der Waals surface area contributed by atoms with Crippen molar-refractivity contribution in [1.29, 1.82) is 0 Å². The van der Waals surface area contributed by atoms with Crippen LogP contribution in [0.2, 0.25) is 0 Å². The molecule has 1 heterocycles. The molecule has 0 aliphatic rings. The van der Waals surface area contributed by atoms with E-state index >= 15 is 0 Å². The predicted octanol–water partition coefficient (Wildman–Crippen LogP) is -0.772. The average molecular weight is 283 g/mol. The Morgan fingerprint density at radius 2 is 2.05 bits per heavy atom. The number of carboxylic acids is 1. The Bertz CT molecular complexity index is 579. The fraction of sp³-hybridized carbons (Fsp3) is 0.500. The zero-order chi connectivity index (χ0) is 15.3. The van der Waals surface area contributed by atoms with Gasteiger partial charge in [-0.05, 0) is 19.4 Å². The van der Waals surface area contributed by atoms with Gasteiger partial charge in [-0.1, -0.05) is 0 Å². The van der Waals surface area contributed by atoms with E-state index in [0.717, 1.165) is 4.68 Å². The first-order chi connectivity index (χ1) is 9.34. The predicted molar refractivity (Wildman–Crippen MR) is 69.7 cm³/mol. The number of amides is 1. The van der Waals surface area contributed by atoms with Gasteiger partial charge in [-0.25, -0.2) is 9.48 Å². The van der Waals surface area contributed by atoms with E-state index in [1.165, 1.54) is 7.05 Å². The maximum absolute atomic E-state index is 12.0. The first kappa shape index (κ1) is 15.8. The monoisotopic (exact) mass is 283 g/mol. The lowest BCUT2D eigenvalue weighted by Crippen LogP contribution is -2.36. The van der Waals surface area contributed by atoms with Crippen molar-refractivity contribution in [3.63, 3.8) is 0 Å². The number of rotatable bonds is 6. The highest BCUT2D eigenvalue weighted by atomic mass is 16.5. The Kier molecular flexibility index (Phi) is 5.39. The largest absolute Gasteiger partial charge is 0.480 e. The number of aliphatic carboxylic acids is 1. The van der Waals surface area contributed by atoms with Crippen LogP contribution in [0.25, 0.3) is 0 Å². The topological polar surface area (TPSA) is 111 Å². The van der Waals surface area contributed by atoms with Crippen molar-refractivity contribution in [2.75, 3.05) is 19.8 Å². The summed E-state index contributed by atoms with van der Waals surface area (Å²) >= 11 is 0. The minimum atomic E-state index is -1.08. The summed E-state index contributed by atoms with van der Waals surface area (Å²) in [5.74, 6) is -1.60. The van der Waals surface area contributed by atoms with Gasteiger partial charge >= 0.3 is 5.97 Å². The van der Waals surface area contributed by atoms with Crippen LogP contribution in [0.5, 0.6) is 0 Å². The van der Waals surface area contributed by atoms with Gasteiger partial charge in [0.1, 0.15) is 12.2 Å². The highest BCUT2D eigenvalue weighted by Crippen LogP contribution is 2.05. The van der Waals surface area contributed by atoms with Crippen LogP contribution < -0.4 is 10.9 Å². The van der Waals surface area contributed by atoms with E-state index in [9.17, 15) is 14.4 Å².